The Hall–Kier alpha value is -3.80. The number of hydrazone groups is 1. The van der Waals surface area contributed by atoms with Crippen molar-refractivity contribution < 1.29 is 4.79 Å². The Kier molecular flexibility index (Phi) is 4.70. The molecule has 0 fully saturated rings. The number of amides is 1. The number of para-hydroxylation sites is 1. The Bertz CT molecular complexity index is 1080. The molecule has 27 heavy (non-hydrogen) atoms. The molecule has 0 radical (unpaired) electrons. The van der Waals surface area contributed by atoms with Crippen LogP contribution < -0.4 is 5.43 Å². The normalized spacial score (nSPS) is 11.1. The van der Waals surface area contributed by atoms with E-state index in [0.717, 1.165) is 27.7 Å². The number of rotatable bonds is 5. The molecule has 3 aromatic carbocycles. The summed E-state index contributed by atoms with van der Waals surface area (Å²) in [7, 11) is 0. The van der Waals surface area contributed by atoms with Crippen molar-refractivity contribution in [1.82, 2.24) is 20.4 Å². The van der Waals surface area contributed by atoms with Crippen LogP contribution in [0, 0.1) is 0 Å². The van der Waals surface area contributed by atoms with Crippen molar-refractivity contribution in [3.63, 3.8) is 0 Å². The molecule has 0 aliphatic heterocycles. The second-order valence-corrected chi connectivity index (χ2v) is 6.02. The van der Waals surface area contributed by atoms with Gasteiger partial charge >= 0.3 is 0 Å². The van der Waals surface area contributed by atoms with E-state index in [4.69, 9.17) is 0 Å². The lowest BCUT2D eigenvalue weighted by atomic mass is 10.0. The highest BCUT2D eigenvalue weighted by molar-refractivity contribution is 5.84. The van der Waals surface area contributed by atoms with Gasteiger partial charge in [-0.25, -0.2) is 10.1 Å². The number of fused-ring (bicyclic) bond motifs is 1. The lowest BCUT2D eigenvalue weighted by molar-refractivity contribution is -0.121. The van der Waals surface area contributed by atoms with Gasteiger partial charge in [-0.15, -0.1) is 5.10 Å². The van der Waals surface area contributed by atoms with Crippen molar-refractivity contribution in [3.05, 3.63) is 84.4 Å². The molecule has 6 nitrogen and oxygen atoms in total. The Morgan fingerprint density at radius 1 is 0.926 bits per heavy atom. The van der Waals surface area contributed by atoms with E-state index in [1.165, 1.54) is 0 Å². The van der Waals surface area contributed by atoms with Gasteiger partial charge in [-0.3, -0.25) is 4.79 Å². The van der Waals surface area contributed by atoms with Crippen LogP contribution in [0.5, 0.6) is 0 Å². The molecule has 0 aliphatic carbocycles. The first kappa shape index (κ1) is 16.7. The highest BCUT2D eigenvalue weighted by Crippen LogP contribution is 2.18. The number of nitrogens with one attached hydrogen (secondary N) is 1. The summed E-state index contributed by atoms with van der Waals surface area (Å²) in [5.41, 5.74) is 7.29. The molecule has 0 aliphatic rings. The second-order valence-electron chi connectivity index (χ2n) is 6.02. The maximum absolute atomic E-state index is 12.1. The first-order chi connectivity index (χ1) is 13.3. The standard InChI is InChI=1S/C21H17N5O/c27-21(15-26-20-9-5-4-8-19(20)23-25-26)24-22-14-16-10-12-18(13-11-16)17-6-2-1-3-7-17/h1-14H,15H2,(H,24,27)/b22-14+. The molecular formula is C21H17N5O. The SMILES string of the molecule is O=C(Cn1nnc2ccccc21)N/N=C/c1ccc(-c2ccccc2)cc1. The number of hydrogen-bond donors (Lipinski definition) is 1. The Morgan fingerprint density at radius 2 is 1.63 bits per heavy atom. The molecule has 0 atom stereocenters. The van der Waals surface area contributed by atoms with E-state index in [1.807, 2.05) is 66.7 Å². The smallest absolute Gasteiger partial charge is 0.261 e. The predicted molar refractivity (Wildman–Crippen MR) is 105 cm³/mol. The van der Waals surface area contributed by atoms with Crippen molar-refractivity contribution in [2.75, 3.05) is 0 Å². The van der Waals surface area contributed by atoms with Crippen molar-refractivity contribution in [2.24, 2.45) is 5.10 Å². The average Bonchev–Trinajstić information content (AvgIpc) is 3.12. The fraction of sp³-hybridized carbons (Fsp3) is 0.0476. The summed E-state index contributed by atoms with van der Waals surface area (Å²) in [6.07, 6.45) is 1.62. The molecule has 6 heteroatoms. The van der Waals surface area contributed by atoms with E-state index in [-0.39, 0.29) is 12.5 Å². The van der Waals surface area contributed by atoms with E-state index in [2.05, 4.69) is 33.0 Å². The van der Waals surface area contributed by atoms with E-state index >= 15 is 0 Å². The minimum absolute atomic E-state index is 0.0603. The van der Waals surface area contributed by atoms with Crippen LogP contribution in [0.15, 0.2) is 84.0 Å². The number of carbonyl (C=O) groups is 1. The predicted octanol–water partition coefficient (Wildman–Crippen LogP) is 3.25. The zero-order valence-corrected chi connectivity index (χ0v) is 14.5. The van der Waals surface area contributed by atoms with E-state index < -0.39 is 0 Å². The molecular weight excluding hydrogens is 338 g/mol. The van der Waals surface area contributed by atoms with Crippen LogP contribution in [-0.2, 0) is 11.3 Å². The minimum Gasteiger partial charge on any atom is -0.271 e. The van der Waals surface area contributed by atoms with Crippen molar-refractivity contribution in [2.45, 2.75) is 6.54 Å². The molecule has 1 heterocycles. The van der Waals surface area contributed by atoms with Gasteiger partial charge in [0.1, 0.15) is 12.1 Å². The first-order valence-corrected chi connectivity index (χ1v) is 8.55. The van der Waals surface area contributed by atoms with Crippen molar-refractivity contribution >= 4 is 23.2 Å². The molecule has 4 rings (SSSR count). The summed E-state index contributed by atoms with van der Waals surface area (Å²) < 4.78 is 1.55. The van der Waals surface area contributed by atoms with Crippen molar-refractivity contribution in [3.8, 4) is 11.1 Å². The average molecular weight is 355 g/mol. The lowest BCUT2D eigenvalue weighted by Crippen LogP contribution is -2.23. The summed E-state index contributed by atoms with van der Waals surface area (Å²) in [6.45, 7) is 0.0603. The highest BCUT2D eigenvalue weighted by Gasteiger charge is 2.07. The third-order valence-electron chi connectivity index (χ3n) is 4.13. The van der Waals surface area contributed by atoms with Crippen LogP contribution in [0.25, 0.3) is 22.2 Å². The van der Waals surface area contributed by atoms with Crippen LogP contribution in [0.1, 0.15) is 5.56 Å². The molecule has 0 saturated carbocycles. The van der Waals surface area contributed by atoms with Gasteiger partial charge in [0, 0.05) is 0 Å². The highest BCUT2D eigenvalue weighted by atomic mass is 16.2. The van der Waals surface area contributed by atoms with Gasteiger partial charge in [-0.1, -0.05) is 71.9 Å². The van der Waals surface area contributed by atoms with E-state index in [1.54, 1.807) is 10.9 Å². The monoisotopic (exact) mass is 355 g/mol. The van der Waals surface area contributed by atoms with Crippen LogP contribution >= 0.6 is 0 Å². The summed E-state index contributed by atoms with van der Waals surface area (Å²) in [5.74, 6) is -0.261. The quantitative estimate of drug-likeness (QED) is 0.441. The number of aromatic nitrogens is 3. The lowest BCUT2D eigenvalue weighted by Gasteiger charge is -2.02. The summed E-state index contributed by atoms with van der Waals surface area (Å²) >= 11 is 0. The van der Waals surface area contributed by atoms with Crippen molar-refractivity contribution in [1.29, 1.82) is 0 Å². The van der Waals surface area contributed by atoms with Crippen LogP contribution in [0.4, 0.5) is 0 Å². The number of hydrogen-bond acceptors (Lipinski definition) is 4. The molecule has 1 N–H and O–H groups in total. The first-order valence-electron chi connectivity index (χ1n) is 8.55. The molecule has 0 spiro atoms. The summed E-state index contributed by atoms with van der Waals surface area (Å²) in [4.78, 5) is 12.1. The maximum atomic E-state index is 12.1. The van der Waals surface area contributed by atoms with Gasteiger partial charge in [0.2, 0.25) is 0 Å². The molecule has 1 amide bonds. The molecule has 4 aromatic rings. The Morgan fingerprint density at radius 3 is 2.44 bits per heavy atom. The molecule has 132 valence electrons. The Labute approximate surface area is 156 Å². The molecule has 1 aromatic heterocycles. The minimum atomic E-state index is -0.261. The zero-order chi connectivity index (χ0) is 18.5. The van der Waals surface area contributed by atoms with Gasteiger partial charge < -0.3 is 0 Å². The third-order valence-corrected chi connectivity index (χ3v) is 4.13. The van der Waals surface area contributed by atoms with Gasteiger partial charge in [-0.05, 0) is 28.8 Å². The number of carbonyl (C=O) groups excluding carboxylic acids is 1. The second kappa shape index (κ2) is 7.61. The Balaban J connectivity index is 1.36. The van der Waals surface area contributed by atoms with E-state index in [9.17, 15) is 4.79 Å². The fourth-order valence-electron chi connectivity index (χ4n) is 2.78. The maximum Gasteiger partial charge on any atom is 0.261 e. The van der Waals surface area contributed by atoms with Gasteiger partial charge in [0.15, 0.2) is 0 Å². The summed E-state index contributed by atoms with van der Waals surface area (Å²) in [6, 6.07) is 25.6. The fourth-order valence-corrected chi connectivity index (χ4v) is 2.78. The van der Waals surface area contributed by atoms with E-state index in [0.29, 0.717) is 0 Å². The van der Waals surface area contributed by atoms with Gasteiger partial charge in [-0.2, -0.15) is 5.10 Å². The van der Waals surface area contributed by atoms with Crippen LogP contribution in [0.2, 0.25) is 0 Å². The molecule has 0 bridgehead atoms. The van der Waals surface area contributed by atoms with Gasteiger partial charge in [0.25, 0.3) is 5.91 Å². The largest absolute Gasteiger partial charge is 0.271 e. The van der Waals surface area contributed by atoms with Crippen LogP contribution in [-0.4, -0.2) is 27.1 Å². The third kappa shape index (κ3) is 3.90. The molecule has 0 saturated heterocycles. The topological polar surface area (TPSA) is 72.2 Å². The number of nitrogens with zero attached hydrogens (tertiary/aromatic N) is 4. The molecule has 0 unspecified atom stereocenters. The van der Waals surface area contributed by atoms with Crippen LogP contribution in [0.3, 0.4) is 0 Å². The zero-order valence-electron chi connectivity index (χ0n) is 14.5. The summed E-state index contributed by atoms with van der Waals surface area (Å²) in [5, 5.41) is 12.0. The number of benzene rings is 3. The van der Waals surface area contributed by atoms with Gasteiger partial charge in [0.05, 0.1) is 11.7 Å².